The Morgan fingerprint density at radius 3 is 2.78 bits per heavy atom. The van der Waals surface area contributed by atoms with E-state index in [2.05, 4.69) is 39.1 Å². The molecule has 0 unspecified atom stereocenters. The Morgan fingerprint density at radius 1 is 1.39 bits per heavy atom. The van der Waals surface area contributed by atoms with Gasteiger partial charge >= 0.3 is 6.09 Å². The number of allylic oxidation sites excluding steroid dienone is 1. The van der Waals surface area contributed by atoms with Crippen molar-refractivity contribution in [1.29, 1.82) is 0 Å². The number of fused-ring (bicyclic) bond motifs is 2. The van der Waals surface area contributed by atoms with Crippen LogP contribution in [0.1, 0.15) is 53.9 Å². The molecule has 1 fully saturated rings. The fourth-order valence-corrected chi connectivity index (χ4v) is 4.41. The number of nitrogens with one attached hydrogen (secondary N) is 1. The first-order valence-corrected chi connectivity index (χ1v) is 9.16. The SMILES string of the molecule is CCCNC(=O)OC[C@]12CO[C@H](CCC)[C@H](C(C)=C[C@@H]1C)[C@H]2C. The van der Waals surface area contributed by atoms with Gasteiger partial charge in [0.1, 0.15) is 6.61 Å². The van der Waals surface area contributed by atoms with E-state index in [0.717, 1.165) is 19.3 Å². The summed E-state index contributed by atoms with van der Waals surface area (Å²) in [5, 5.41) is 2.79. The fourth-order valence-electron chi connectivity index (χ4n) is 4.41. The summed E-state index contributed by atoms with van der Waals surface area (Å²) in [6.45, 7) is 12.8. The molecule has 1 N–H and O–H groups in total. The van der Waals surface area contributed by atoms with Crippen LogP contribution in [0.3, 0.4) is 0 Å². The molecular weight excluding hydrogens is 290 g/mol. The van der Waals surface area contributed by atoms with Crippen LogP contribution in [0.2, 0.25) is 0 Å². The second kappa shape index (κ2) is 7.69. The number of carbonyl (C=O) groups excluding carboxylic acids is 1. The molecule has 1 heterocycles. The van der Waals surface area contributed by atoms with Crippen LogP contribution in [0.5, 0.6) is 0 Å². The maximum Gasteiger partial charge on any atom is 0.407 e. The number of alkyl carbamates (subject to hydrolysis) is 1. The third-order valence-electron chi connectivity index (χ3n) is 5.92. The molecule has 0 aromatic heterocycles. The van der Waals surface area contributed by atoms with E-state index in [4.69, 9.17) is 9.47 Å². The van der Waals surface area contributed by atoms with Gasteiger partial charge in [-0.3, -0.25) is 0 Å². The van der Waals surface area contributed by atoms with Crippen molar-refractivity contribution < 1.29 is 14.3 Å². The van der Waals surface area contributed by atoms with E-state index in [-0.39, 0.29) is 11.5 Å². The Morgan fingerprint density at radius 2 is 2.13 bits per heavy atom. The second-order valence-electron chi connectivity index (χ2n) is 7.39. The molecule has 0 radical (unpaired) electrons. The van der Waals surface area contributed by atoms with Gasteiger partial charge in [0.2, 0.25) is 0 Å². The van der Waals surface area contributed by atoms with Crippen LogP contribution < -0.4 is 5.32 Å². The number of rotatable bonds is 6. The van der Waals surface area contributed by atoms with E-state index >= 15 is 0 Å². The first-order valence-electron chi connectivity index (χ1n) is 9.16. The number of hydrogen-bond donors (Lipinski definition) is 1. The minimum Gasteiger partial charge on any atom is -0.449 e. The molecule has 0 aromatic rings. The van der Waals surface area contributed by atoms with Crippen molar-refractivity contribution >= 4 is 6.09 Å². The van der Waals surface area contributed by atoms with Crippen molar-refractivity contribution in [2.45, 2.75) is 60.0 Å². The summed E-state index contributed by atoms with van der Waals surface area (Å²) >= 11 is 0. The van der Waals surface area contributed by atoms with Gasteiger partial charge in [0.05, 0.1) is 12.7 Å². The lowest BCUT2D eigenvalue weighted by atomic mass is 9.56. The molecule has 1 aliphatic heterocycles. The van der Waals surface area contributed by atoms with Gasteiger partial charge in [0.25, 0.3) is 0 Å². The zero-order valence-electron chi connectivity index (χ0n) is 15.4. The van der Waals surface area contributed by atoms with Crippen LogP contribution in [-0.2, 0) is 9.47 Å². The van der Waals surface area contributed by atoms with E-state index in [0.29, 0.717) is 43.6 Å². The highest BCUT2D eigenvalue weighted by molar-refractivity contribution is 5.67. The predicted octanol–water partition coefficient (Wildman–Crippen LogP) is 4.16. The lowest BCUT2D eigenvalue weighted by molar-refractivity contribution is -0.164. The molecule has 0 aromatic carbocycles. The van der Waals surface area contributed by atoms with Crippen LogP contribution in [-0.4, -0.2) is 32.0 Å². The maximum absolute atomic E-state index is 11.9. The first-order chi connectivity index (χ1) is 11.0. The Bertz CT molecular complexity index is 448. The van der Waals surface area contributed by atoms with Gasteiger partial charge in [-0.2, -0.15) is 0 Å². The van der Waals surface area contributed by atoms with Crippen LogP contribution >= 0.6 is 0 Å². The molecule has 23 heavy (non-hydrogen) atoms. The molecule has 1 amide bonds. The summed E-state index contributed by atoms with van der Waals surface area (Å²) < 4.78 is 11.8. The molecule has 2 bridgehead atoms. The highest BCUT2D eigenvalue weighted by atomic mass is 16.6. The van der Waals surface area contributed by atoms with E-state index < -0.39 is 0 Å². The highest BCUT2D eigenvalue weighted by Crippen LogP contribution is 2.53. The zero-order chi connectivity index (χ0) is 17.0. The van der Waals surface area contributed by atoms with Crippen molar-refractivity contribution in [3.8, 4) is 0 Å². The lowest BCUT2D eigenvalue weighted by Gasteiger charge is -2.55. The lowest BCUT2D eigenvalue weighted by Crippen LogP contribution is -2.57. The van der Waals surface area contributed by atoms with Crippen LogP contribution in [0.15, 0.2) is 11.6 Å². The summed E-state index contributed by atoms with van der Waals surface area (Å²) in [7, 11) is 0. The van der Waals surface area contributed by atoms with Crippen molar-refractivity contribution in [3.63, 3.8) is 0 Å². The Hall–Kier alpha value is -1.03. The van der Waals surface area contributed by atoms with Crippen LogP contribution in [0.4, 0.5) is 4.79 Å². The van der Waals surface area contributed by atoms with Crippen molar-refractivity contribution in [1.82, 2.24) is 5.32 Å². The van der Waals surface area contributed by atoms with Crippen molar-refractivity contribution in [2.24, 2.45) is 23.2 Å². The van der Waals surface area contributed by atoms with E-state index in [1.54, 1.807) is 0 Å². The molecule has 132 valence electrons. The monoisotopic (exact) mass is 323 g/mol. The third-order valence-corrected chi connectivity index (χ3v) is 5.92. The minimum absolute atomic E-state index is 0.0992. The highest BCUT2D eigenvalue weighted by Gasteiger charge is 2.53. The summed E-state index contributed by atoms with van der Waals surface area (Å²) in [6, 6.07) is 0. The number of hydrogen-bond acceptors (Lipinski definition) is 3. The molecule has 1 aliphatic carbocycles. The molecule has 0 saturated carbocycles. The Balaban J connectivity index is 2.12. The average Bonchev–Trinajstić information content (AvgIpc) is 2.51. The molecule has 5 atom stereocenters. The molecule has 4 nitrogen and oxygen atoms in total. The van der Waals surface area contributed by atoms with E-state index in [1.807, 2.05) is 6.92 Å². The quantitative estimate of drug-likeness (QED) is 0.747. The molecule has 0 spiro atoms. The summed E-state index contributed by atoms with van der Waals surface area (Å²) in [6.07, 6.45) is 5.53. The van der Waals surface area contributed by atoms with Crippen molar-refractivity contribution in [2.75, 3.05) is 19.8 Å². The predicted molar refractivity (Wildman–Crippen MR) is 92.3 cm³/mol. The van der Waals surface area contributed by atoms with Crippen LogP contribution in [0.25, 0.3) is 0 Å². The Kier molecular flexibility index (Phi) is 6.12. The molecule has 1 saturated heterocycles. The van der Waals surface area contributed by atoms with Gasteiger partial charge in [-0.25, -0.2) is 4.79 Å². The largest absolute Gasteiger partial charge is 0.449 e. The molecule has 4 heteroatoms. The maximum atomic E-state index is 11.9. The van der Waals surface area contributed by atoms with Gasteiger partial charge in [-0.1, -0.05) is 45.8 Å². The summed E-state index contributed by atoms with van der Waals surface area (Å²) in [5.74, 6) is 1.27. The van der Waals surface area contributed by atoms with Gasteiger partial charge in [0, 0.05) is 17.9 Å². The van der Waals surface area contributed by atoms with E-state index in [1.165, 1.54) is 5.57 Å². The number of amides is 1. The van der Waals surface area contributed by atoms with Crippen LogP contribution in [0, 0.1) is 23.2 Å². The fraction of sp³-hybridized carbons (Fsp3) is 0.842. The normalized spacial score (nSPS) is 36.3. The molecule has 2 aliphatic rings. The topological polar surface area (TPSA) is 47.6 Å². The van der Waals surface area contributed by atoms with E-state index in [9.17, 15) is 4.79 Å². The second-order valence-corrected chi connectivity index (χ2v) is 7.39. The zero-order valence-corrected chi connectivity index (χ0v) is 15.4. The molecule has 2 rings (SSSR count). The molecular formula is C19H33NO3. The number of ether oxygens (including phenoxy) is 2. The van der Waals surface area contributed by atoms with Gasteiger partial charge in [-0.15, -0.1) is 0 Å². The van der Waals surface area contributed by atoms with Gasteiger partial charge in [-0.05, 0) is 31.6 Å². The van der Waals surface area contributed by atoms with Crippen molar-refractivity contribution in [3.05, 3.63) is 11.6 Å². The Labute approximate surface area is 141 Å². The third kappa shape index (κ3) is 3.57. The average molecular weight is 323 g/mol. The standard InChI is InChI=1S/C19H33NO3/c1-6-8-16-17-13(3)10-14(4)19(11-22-16,15(17)5)12-23-18(21)20-9-7-2/h10,14-17H,6-9,11-12H2,1-5H3,(H,20,21)/t14-,15+,16+,17+,19+/m0/s1. The van der Waals surface area contributed by atoms with Gasteiger partial charge < -0.3 is 14.8 Å². The summed E-state index contributed by atoms with van der Waals surface area (Å²) in [4.78, 5) is 11.9. The summed E-state index contributed by atoms with van der Waals surface area (Å²) in [5.41, 5.74) is 1.34. The van der Waals surface area contributed by atoms with Gasteiger partial charge in [0.15, 0.2) is 0 Å². The first kappa shape index (κ1) is 18.3. The number of carbonyl (C=O) groups is 1. The minimum atomic E-state index is -0.306. The smallest absolute Gasteiger partial charge is 0.407 e.